The van der Waals surface area contributed by atoms with Crippen LogP contribution in [-0.2, 0) is 4.79 Å². The minimum absolute atomic E-state index is 0.0415. The molecule has 2 atom stereocenters. The molecule has 1 saturated heterocycles. The van der Waals surface area contributed by atoms with Gasteiger partial charge in [-0.1, -0.05) is 15.9 Å². The Labute approximate surface area is 133 Å². The van der Waals surface area contributed by atoms with Crippen molar-refractivity contribution in [3.8, 4) is 0 Å². The molecule has 1 aliphatic heterocycles. The summed E-state index contributed by atoms with van der Waals surface area (Å²) in [6.45, 7) is 5.89. The molecule has 0 bridgehead atoms. The Bertz CT molecular complexity index is 542. The Morgan fingerprint density at radius 1 is 1.38 bits per heavy atom. The second-order valence-corrected chi connectivity index (χ2v) is 7.52. The van der Waals surface area contributed by atoms with Gasteiger partial charge in [-0.25, -0.2) is 4.39 Å². The molecule has 1 aromatic carbocycles. The molecule has 0 spiro atoms. The van der Waals surface area contributed by atoms with Crippen molar-refractivity contribution in [3.63, 3.8) is 0 Å². The van der Waals surface area contributed by atoms with Crippen molar-refractivity contribution in [2.75, 3.05) is 0 Å². The van der Waals surface area contributed by atoms with Crippen LogP contribution in [0.2, 0.25) is 0 Å². The third-order valence-electron chi connectivity index (χ3n) is 3.88. The largest absolute Gasteiger partial charge is 0.329 e. The molecule has 0 saturated carbocycles. The van der Waals surface area contributed by atoms with Gasteiger partial charge in [-0.3, -0.25) is 4.79 Å². The van der Waals surface area contributed by atoms with Gasteiger partial charge in [0.05, 0.1) is 6.04 Å². The molecule has 116 valence electrons. The van der Waals surface area contributed by atoms with Gasteiger partial charge in [-0.05, 0) is 51.8 Å². The van der Waals surface area contributed by atoms with Crippen molar-refractivity contribution in [2.24, 2.45) is 5.73 Å². The van der Waals surface area contributed by atoms with E-state index in [4.69, 9.17) is 5.73 Å². The SMILES string of the molecule is CC(C)(C)N1C(=O)CCCC(N)C1c1cc(Br)ccc1F. The van der Waals surface area contributed by atoms with Gasteiger partial charge in [0.25, 0.3) is 0 Å². The van der Waals surface area contributed by atoms with E-state index < -0.39 is 11.6 Å². The lowest BCUT2D eigenvalue weighted by Crippen LogP contribution is -2.51. The number of nitrogens with zero attached hydrogens (tertiary/aromatic N) is 1. The first-order valence-electron chi connectivity index (χ1n) is 7.24. The summed E-state index contributed by atoms with van der Waals surface area (Å²) in [5.74, 6) is -0.276. The predicted octanol–water partition coefficient (Wildman–Crippen LogP) is 3.77. The zero-order chi connectivity index (χ0) is 15.8. The number of likely N-dealkylation sites (tertiary alicyclic amines) is 1. The number of amides is 1. The van der Waals surface area contributed by atoms with E-state index in [1.165, 1.54) is 6.07 Å². The van der Waals surface area contributed by atoms with Crippen molar-refractivity contribution < 1.29 is 9.18 Å². The second-order valence-electron chi connectivity index (χ2n) is 6.60. The Morgan fingerprint density at radius 2 is 2.05 bits per heavy atom. The highest BCUT2D eigenvalue weighted by Gasteiger charge is 2.40. The van der Waals surface area contributed by atoms with E-state index in [0.717, 1.165) is 17.3 Å². The molecule has 5 heteroatoms. The summed E-state index contributed by atoms with van der Waals surface area (Å²) in [5, 5.41) is 0. The third kappa shape index (κ3) is 3.46. The van der Waals surface area contributed by atoms with Crippen molar-refractivity contribution in [1.82, 2.24) is 4.90 Å². The van der Waals surface area contributed by atoms with Crippen molar-refractivity contribution in [2.45, 2.75) is 57.7 Å². The monoisotopic (exact) mass is 356 g/mol. The smallest absolute Gasteiger partial charge is 0.223 e. The maximum absolute atomic E-state index is 14.3. The summed E-state index contributed by atoms with van der Waals surface area (Å²) >= 11 is 3.38. The average Bonchev–Trinajstić information content (AvgIpc) is 2.51. The summed E-state index contributed by atoms with van der Waals surface area (Å²) in [5.41, 5.74) is 6.39. The molecule has 2 unspecified atom stereocenters. The standard InChI is InChI=1S/C16H22BrFN2O/c1-16(2,3)20-14(21)6-4-5-13(19)15(20)11-9-10(17)7-8-12(11)18/h7-9,13,15H,4-6,19H2,1-3H3. The molecule has 0 aromatic heterocycles. The molecule has 1 amide bonds. The van der Waals surface area contributed by atoms with Gasteiger partial charge >= 0.3 is 0 Å². The number of carbonyl (C=O) groups is 1. The number of carbonyl (C=O) groups excluding carboxylic acids is 1. The number of nitrogens with two attached hydrogens (primary N) is 1. The quantitative estimate of drug-likeness (QED) is 0.832. The van der Waals surface area contributed by atoms with Crippen LogP contribution in [0.1, 0.15) is 51.6 Å². The topological polar surface area (TPSA) is 46.3 Å². The molecule has 2 rings (SSSR count). The van der Waals surface area contributed by atoms with Crippen LogP contribution >= 0.6 is 15.9 Å². The lowest BCUT2D eigenvalue weighted by molar-refractivity contribution is -0.139. The molecule has 1 aliphatic rings. The fourth-order valence-electron chi connectivity index (χ4n) is 3.02. The Kier molecular flexibility index (Phi) is 4.73. The van der Waals surface area contributed by atoms with Crippen LogP contribution in [0.5, 0.6) is 0 Å². The minimum Gasteiger partial charge on any atom is -0.329 e. The van der Waals surface area contributed by atoms with E-state index in [2.05, 4.69) is 15.9 Å². The first-order chi connectivity index (χ1) is 9.71. The normalized spacial score (nSPS) is 24.1. The second kappa shape index (κ2) is 6.05. The molecule has 3 nitrogen and oxygen atoms in total. The summed E-state index contributed by atoms with van der Waals surface area (Å²) in [6.07, 6.45) is 1.94. The molecule has 21 heavy (non-hydrogen) atoms. The van der Waals surface area contributed by atoms with Gasteiger partial charge in [0, 0.05) is 28.0 Å². The Hall–Kier alpha value is -0.940. The van der Waals surface area contributed by atoms with Gasteiger partial charge in [0.15, 0.2) is 0 Å². The lowest BCUT2D eigenvalue weighted by Gasteiger charge is -2.43. The van der Waals surface area contributed by atoms with E-state index in [1.807, 2.05) is 20.8 Å². The Morgan fingerprint density at radius 3 is 2.67 bits per heavy atom. The summed E-state index contributed by atoms with van der Waals surface area (Å²) in [4.78, 5) is 14.3. The van der Waals surface area contributed by atoms with Crippen LogP contribution in [0, 0.1) is 5.82 Å². The van der Waals surface area contributed by atoms with E-state index in [1.54, 1.807) is 17.0 Å². The van der Waals surface area contributed by atoms with Crippen molar-refractivity contribution in [1.29, 1.82) is 0 Å². The zero-order valence-electron chi connectivity index (χ0n) is 12.7. The summed E-state index contributed by atoms with van der Waals surface area (Å²) < 4.78 is 15.1. The molecule has 2 N–H and O–H groups in total. The van der Waals surface area contributed by atoms with Crippen molar-refractivity contribution >= 4 is 21.8 Å². The summed E-state index contributed by atoms with van der Waals surface area (Å²) in [7, 11) is 0. The molecule has 1 fully saturated rings. The highest BCUT2D eigenvalue weighted by Crippen LogP contribution is 2.37. The van der Waals surface area contributed by atoms with E-state index in [9.17, 15) is 9.18 Å². The van der Waals surface area contributed by atoms with Gasteiger partial charge in [0.2, 0.25) is 5.91 Å². The maximum atomic E-state index is 14.3. The highest BCUT2D eigenvalue weighted by atomic mass is 79.9. The van der Waals surface area contributed by atoms with Gasteiger partial charge in [-0.15, -0.1) is 0 Å². The van der Waals surface area contributed by atoms with E-state index >= 15 is 0 Å². The van der Waals surface area contributed by atoms with E-state index in [0.29, 0.717) is 12.0 Å². The highest BCUT2D eigenvalue weighted by molar-refractivity contribution is 9.10. The van der Waals surface area contributed by atoms with Crippen molar-refractivity contribution in [3.05, 3.63) is 34.1 Å². The van der Waals surface area contributed by atoms with Crippen LogP contribution < -0.4 is 5.73 Å². The molecular formula is C16H22BrFN2O. The van der Waals surface area contributed by atoms with Crippen LogP contribution in [0.3, 0.4) is 0 Å². The fourth-order valence-corrected chi connectivity index (χ4v) is 3.40. The fraction of sp³-hybridized carbons (Fsp3) is 0.562. The average molecular weight is 357 g/mol. The Balaban J connectivity index is 2.57. The molecular weight excluding hydrogens is 335 g/mol. The van der Waals surface area contributed by atoms with Gasteiger partial charge in [-0.2, -0.15) is 0 Å². The molecule has 0 aliphatic carbocycles. The number of hydrogen-bond donors (Lipinski definition) is 1. The zero-order valence-corrected chi connectivity index (χ0v) is 14.3. The van der Waals surface area contributed by atoms with Crippen LogP contribution in [0.4, 0.5) is 4.39 Å². The van der Waals surface area contributed by atoms with Gasteiger partial charge < -0.3 is 10.6 Å². The molecule has 1 heterocycles. The van der Waals surface area contributed by atoms with Crippen LogP contribution in [0.15, 0.2) is 22.7 Å². The minimum atomic E-state index is -0.433. The van der Waals surface area contributed by atoms with Crippen LogP contribution in [0.25, 0.3) is 0 Å². The molecule has 1 aromatic rings. The van der Waals surface area contributed by atoms with Gasteiger partial charge in [0.1, 0.15) is 5.82 Å². The van der Waals surface area contributed by atoms with Crippen LogP contribution in [-0.4, -0.2) is 22.4 Å². The number of halogens is 2. The predicted molar refractivity (Wildman–Crippen MR) is 85.3 cm³/mol. The first kappa shape index (κ1) is 16.4. The van der Waals surface area contributed by atoms with E-state index in [-0.39, 0.29) is 17.8 Å². The number of rotatable bonds is 1. The maximum Gasteiger partial charge on any atom is 0.223 e. The lowest BCUT2D eigenvalue weighted by atomic mass is 9.92. The summed E-state index contributed by atoms with van der Waals surface area (Å²) in [6, 6.07) is 4.11. The first-order valence-corrected chi connectivity index (χ1v) is 8.04. The molecule has 0 radical (unpaired) electrons. The number of benzene rings is 1. The number of hydrogen-bond acceptors (Lipinski definition) is 2. The third-order valence-corrected chi connectivity index (χ3v) is 4.37.